The van der Waals surface area contributed by atoms with Gasteiger partial charge in [0.25, 0.3) is 0 Å². The zero-order valence-electron chi connectivity index (χ0n) is 12.1. The number of ether oxygens (including phenoxy) is 1. The van der Waals surface area contributed by atoms with Gasteiger partial charge < -0.3 is 9.16 Å². The average Bonchev–Trinajstić information content (AvgIpc) is 2.32. The molecule has 0 N–H and O–H groups in total. The molecule has 0 heterocycles. The predicted molar refractivity (Wildman–Crippen MR) is 79.1 cm³/mol. The molecule has 0 saturated heterocycles. The second kappa shape index (κ2) is 7.26. The molecular formula is C15H22O3Si. The zero-order valence-corrected chi connectivity index (χ0v) is 13.1. The molecule has 1 atom stereocenters. The average molecular weight is 278 g/mol. The van der Waals surface area contributed by atoms with Crippen molar-refractivity contribution in [2.24, 2.45) is 0 Å². The summed E-state index contributed by atoms with van der Waals surface area (Å²) in [6.45, 7) is 7.88. The number of hydrogen-bond donors (Lipinski definition) is 0. The standard InChI is InChI=1S/C15H22O3Si/c1-13(16)17-12-8-11-15(18-19(2,3)4)14-9-6-5-7-10-14/h5-10,12,15H,11H2,1-4H3/b12-8-. The Hall–Kier alpha value is -1.39. The SMILES string of the molecule is CC(=O)O/C=C\CC(O[Si](C)(C)C)c1ccccc1. The molecule has 1 unspecified atom stereocenters. The third-order valence-corrected chi connectivity index (χ3v) is 3.34. The minimum absolute atomic E-state index is 0.0136. The highest BCUT2D eigenvalue weighted by Crippen LogP contribution is 2.25. The summed E-state index contributed by atoms with van der Waals surface area (Å²) in [4.78, 5) is 10.7. The highest BCUT2D eigenvalue weighted by molar-refractivity contribution is 6.69. The van der Waals surface area contributed by atoms with Crippen LogP contribution in [0, 0.1) is 0 Å². The topological polar surface area (TPSA) is 35.5 Å². The Kier molecular flexibility index (Phi) is 5.98. The van der Waals surface area contributed by atoms with Gasteiger partial charge in [0.2, 0.25) is 0 Å². The Morgan fingerprint density at radius 1 is 1.26 bits per heavy atom. The van der Waals surface area contributed by atoms with Crippen molar-refractivity contribution >= 4 is 14.3 Å². The molecule has 0 aromatic heterocycles. The van der Waals surface area contributed by atoms with Gasteiger partial charge in [-0.25, -0.2) is 0 Å². The monoisotopic (exact) mass is 278 g/mol. The summed E-state index contributed by atoms with van der Waals surface area (Å²) in [7, 11) is -1.63. The van der Waals surface area contributed by atoms with Crippen molar-refractivity contribution < 1.29 is 14.0 Å². The van der Waals surface area contributed by atoms with Gasteiger partial charge in [-0.1, -0.05) is 30.3 Å². The van der Waals surface area contributed by atoms with Crippen LogP contribution in [0.25, 0.3) is 0 Å². The normalized spacial score (nSPS) is 13.5. The summed E-state index contributed by atoms with van der Waals surface area (Å²) in [6.07, 6.45) is 3.98. The second-order valence-corrected chi connectivity index (χ2v) is 9.81. The van der Waals surface area contributed by atoms with Crippen molar-refractivity contribution in [1.82, 2.24) is 0 Å². The molecule has 0 bridgehead atoms. The van der Waals surface area contributed by atoms with Crippen LogP contribution in [0.1, 0.15) is 25.0 Å². The lowest BCUT2D eigenvalue weighted by Gasteiger charge is -2.26. The quantitative estimate of drug-likeness (QED) is 0.447. The molecule has 0 aliphatic carbocycles. The Morgan fingerprint density at radius 3 is 2.42 bits per heavy atom. The van der Waals surface area contributed by atoms with Gasteiger partial charge in [-0.05, 0) is 37.7 Å². The fraction of sp³-hybridized carbons (Fsp3) is 0.400. The Bertz CT molecular complexity index is 421. The highest BCUT2D eigenvalue weighted by atomic mass is 28.4. The van der Waals surface area contributed by atoms with Crippen molar-refractivity contribution in [2.45, 2.75) is 39.1 Å². The molecule has 1 rings (SSSR count). The second-order valence-electron chi connectivity index (χ2n) is 5.35. The lowest BCUT2D eigenvalue weighted by Crippen LogP contribution is -2.27. The van der Waals surface area contributed by atoms with Crippen LogP contribution < -0.4 is 0 Å². The highest BCUT2D eigenvalue weighted by Gasteiger charge is 2.21. The van der Waals surface area contributed by atoms with Gasteiger partial charge in [0, 0.05) is 6.92 Å². The number of hydrogen-bond acceptors (Lipinski definition) is 3. The van der Waals surface area contributed by atoms with E-state index in [-0.39, 0.29) is 12.1 Å². The molecule has 104 valence electrons. The largest absolute Gasteiger partial charge is 0.435 e. The van der Waals surface area contributed by atoms with Crippen LogP contribution in [0.15, 0.2) is 42.7 Å². The summed E-state index contributed by atoms with van der Waals surface area (Å²) in [6, 6.07) is 10.1. The first-order chi connectivity index (χ1) is 8.88. The van der Waals surface area contributed by atoms with E-state index in [9.17, 15) is 4.79 Å². The van der Waals surface area contributed by atoms with Gasteiger partial charge in [-0.2, -0.15) is 0 Å². The molecule has 4 heteroatoms. The zero-order chi connectivity index (χ0) is 14.3. The van der Waals surface area contributed by atoms with Gasteiger partial charge in [0.1, 0.15) is 0 Å². The first-order valence-electron chi connectivity index (χ1n) is 6.43. The van der Waals surface area contributed by atoms with E-state index < -0.39 is 8.32 Å². The third kappa shape index (κ3) is 6.93. The summed E-state index contributed by atoms with van der Waals surface area (Å²) >= 11 is 0. The molecular weight excluding hydrogens is 256 g/mol. The fourth-order valence-corrected chi connectivity index (χ4v) is 2.76. The molecule has 0 fully saturated rings. The number of rotatable bonds is 6. The van der Waals surface area contributed by atoms with E-state index in [0.29, 0.717) is 6.42 Å². The van der Waals surface area contributed by atoms with Crippen LogP contribution in [0.2, 0.25) is 19.6 Å². The number of benzene rings is 1. The van der Waals surface area contributed by atoms with E-state index in [2.05, 4.69) is 31.8 Å². The van der Waals surface area contributed by atoms with Gasteiger partial charge in [0.15, 0.2) is 8.32 Å². The maximum atomic E-state index is 10.7. The summed E-state index contributed by atoms with van der Waals surface area (Å²) in [5.41, 5.74) is 1.15. The minimum Gasteiger partial charge on any atom is -0.435 e. The molecule has 1 aromatic rings. The summed E-state index contributed by atoms with van der Waals surface area (Å²) < 4.78 is 11.0. The fourth-order valence-electron chi connectivity index (χ4n) is 1.67. The molecule has 0 aliphatic heterocycles. The molecule has 19 heavy (non-hydrogen) atoms. The van der Waals surface area contributed by atoms with Crippen LogP contribution in [-0.2, 0) is 14.0 Å². The number of carbonyl (C=O) groups excluding carboxylic acids is 1. The van der Waals surface area contributed by atoms with Crippen molar-refractivity contribution in [1.29, 1.82) is 0 Å². The molecule has 0 radical (unpaired) electrons. The van der Waals surface area contributed by atoms with Crippen LogP contribution in [0.5, 0.6) is 0 Å². The van der Waals surface area contributed by atoms with Gasteiger partial charge >= 0.3 is 5.97 Å². The Morgan fingerprint density at radius 2 is 1.89 bits per heavy atom. The van der Waals surface area contributed by atoms with E-state index in [1.165, 1.54) is 13.2 Å². The van der Waals surface area contributed by atoms with E-state index in [4.69, 9.17) is 9.16 Å². The number of carbonyl (C=O) groups is 1. The Balaban J connectivity index is 2.71. The van der Waals surface area contributed by atoms with Crippen molar-refractivity contribution in [3.05, 3.63) is 48.2 Å². The van der Waals surface area contributed by atoms with Crippen LogP contribution in [0.4, 0.5) is 0 Å². The number of esters is 1. The summed E-state index contributed by atoms with van der Waals surface area (Å²) in [5.74, 6) is -0.307. The smallest absolute Gasteiger partial charge is 0.307 e. The maximum absolute atomic E-state index is 10.7. The molecule has 1 aromatic carbocycles. The third-order valence-electron chi connectivity index (χ3n) is 2.35. The Labute approximate surface area is 116 Å². The van der Waals surface area contributed by atoms with Gasteiger partial charge in [-0.3, -0.25) is 4.79 Å². The van der Waals surface area contributed by atoms with Crippen molar-refractivity contribution in [2.75, 3.05) is 0 Å². The molecule has 0 spiro atoms. The van der Waals surface area contributed by atoms with Gasteiger partial charge in [-0.15, -0.1) is 0 Å². The predicted octanol–water partition coefficient (Wildman–Crippen LogP) is 4.05. The van der Waals surface area contributed by atoms with Crippen molar-refractivity contribution in [3.8, 4) is 0 Å². The van der Waals surface area contributed by atoms with Crippen LogP contribution >= 0.6 is 0 Å². The molecule has 0 aliphatic rings. The van der Waals surface area contributed by atoms with Crippen molar-refractivity contribution in [3.63, 3.8) is 0 Å². The van der Waals surface area contributed by atoms with Crippen LogP contribution in [-0.4, -0.2) is 14.3 Å². The molecule has 0 amide bonds. The van der Waals surface area contributed by atoms with Crippen LogP contribution in [0.3, 0.4) is 0 Å². The minimum atomic E-state index is -1.63. The van der Waals surface area contributed by atoms with E-state index in [1.807, 2.05) is 24.3 Å². The summed E-state index contributed by atoms with van der Waals surface area (Å²) in [5, 5.41) is 0. The maximum Gasteiger partial charge on any atom is 0.307 e. The first kappa shape index (κ1) is 15.7. The first-order valence-corrected chi connectivity index (χ1v) is 9.84. The van der Waals surface area contributed by atoms with Gasteiger partial charge in [0.05, 0.1) is 12.4 Å². The lowest BCUT2D eigenvalue weighted by molar-refractivity contribution is -0.135. The van der Waals surface area contributed by atoms with E-state index in [1.54, 1.807) is 0 Å². The molecule has 3 nitrogen and oxygen atoms in total. The molecule has 0 saturated carbocycles. The van der Waals surface area contributed by atoms with E-state index >= 15 is 0 Å². The lowest BCUT2D eigenvalue weighted by atomic mass is 10.1. The van der Waals surface area contributed by atoms with E-state index in [0.717, 1.165) is 5.56 Å².